The summed E-state index contributed by atoms with van der Waals surface area (Å²) in [6.45, 7) is 2.66. The largest absolute Gasteiger partial charge is 0.497 e. The lowest BCUT2D eigenvalue weighted by molar-refractivity contribution is -0.0796. The number of ether oxygens (including phenoxy) is 4. The van der Waals surface area contributed by atoms with Crippen LogP contribution in [0.25, 0.3) is 0 Å². The van der Waals surface area contributed by atoms with Gasteiger partial charge in [-0.15, -0.1) is 0 Å². The van der Waals surface area contributed by atoms with Crippen LogP contribution in [0.2, 0.25) is 0 Å². The maximum Gasteiger partial charge on any atom is 0.206 e. The molecule has 7 heteroatoms. The number of benzene rings is 2. The van der Waals surface area contributed by atoms with Crippen molar-refractivity contribution in [3.05, 3.63) is 48.5 Å². The molecule has 2 aromatic carbocycles. The average Bonchev–Trinajstić information content (AvgIpc) is 2.62. The van der Waals surface area contributed by atoms with Gasteiger partial charge in [-0.25, -0.2) is 8.42 Å². The van der Waals surface area contributed by atoms with Gasteiger partial charge >= 0.3 is 0 Å². The minimum Gasteiger partial charge on any atom is -0.497 e. The van der Waals surface area contributed by atoms with Crippen LogP contribution >= 0.6 is 0 Å². The second kappa shape index (κ2) is 8.84. The third-order valence-electron chi connectivity index (χ3n) is 3.45. The van der Waals surface area contributed by atoms with Crippen molar-refractivity contribution in [1.29, 1.82) is 0 Å². The Balaban J connectivity index is 2.07. The Labute approximate surface area is 148 Å². The number of hydrogen-bond acceptors (Lipinski definition) is 6. The molecule has 0 saturated heterocycles. The first-order valence-corrected chi connectivity index (χ1v) is 9.22. The molecule has 0 aliphatic rings. The summed E-state index contributed by atoms with van der Waals surface area (Å²) < 4.78 is 46.2. The minimum absolute atomic E-state index is 0.193. The van der Waals surface area contributed by atoms with E-state index in [1.807, 2.05) is 0 Å². The molecule has 0 aliphatic heterocycles. The monoisotopic (exact) mass is 366 g/mol. The molecule has 25 heavy (non-hydrogen) atoms. The van der Waals surface area contributed by atoms with Gasteiger partial charge in [0.25, 0.3) is 0 Å². The van der Waals surface area contributed by atoms with Crippen molar-refractivity contribution in [3.8, 4) is 11.5 Å². The molecule has 1 unspecified atom stereocenters. The summed E-state index contributed by atoms with van der Waals surface area (Å²) in [6, 6.07) is 12.5. The molecule has 0 aliphatic carbocycles. The smallest absolute Gasteiger partial charge is 0.206 e. The molecular weight excluding hydrogens is 344 g/mol. The van der Waals surface area contributed by atoms with E-state index in [9.17, 15) is 8.42 Å². The fourth-order valence-corrected chi connectivity index (χ4v) is 3.37. The summed E-state index contributed by atoms with van der Waals surface area (Å²) in [7, 11) is -0.462. The van der Waals surface area contributed by atoms with Gasteiger partial charge in [0.2, 0.25) is 9.84 Å². The first-order valence-electron chi connectivity index (χ1n) is 7.74. The molecule has 6 nitrogen and oxygen atoms in total. The number of hydrogen-bond donors (Lipinski definition) is 0. The highest BCUT2D eigenvalue weighted by Crippen LogP contribution is 2.25. The van der Waals surface area contributed by atoms with Gasteiger partial charge in [-0.05, 0) is 55.5 Å². The Morgan fingerprint density at radius 1 is 0.840 bits per heavy atom. The standard InChI is InChI=1S/C18H22O6S/c1-14(23-13-12-21-2)24-16-6-10-18(11-7-16)25(19,20)17-8-4-15(22-3)5-9-17/h4-11,14H,12-13H2,1-3H3. The molecule has 2 aromatic rings. The predicted octanol–water partition coefficient (Wildman–Crippen LogP) is 2.92. The summed E-state index contributed by atoms with van der Waals surface area (Å²) in [5.41, 5.74) is 0. The summed E-state index contributed by atoms with van der Waals surface area (Å²) >= 11 is 0. The molecule has 0 aromatic heterocycles. The van der Waals surface area contributed by atoms with Crippen LogP contribution in [0, 0.1) is 0 Å². The Hall–Kier alpha value is -2.09. The topological polar surface area (TPSA) is 71.1 Å². The summed E-state index contributed by atoms with van der Waals surface area (Å²) in [5, 5.41) is 0. The van der Waals surface area contributed by atoms with Crippen LogP contribution in [0.3, 0.4) is 0 Å². The quantitative estimate of drug-likeness (QED) is 0.502. The molecule has 0 fully saturated rings. The number of methoxy groups -OCH3 is 2. The lowest BCUT2D eigenvalue weighted by Crippen LogP contribution is -2.18. The Kier molecular flexibility index (Phi) is 6.81. The summed E-state index contributed by atoms with van der Waals surface area (Å²) in [5.74, 6) is 1.13. The van der Waals surface area contributed by atoms with E-state index >= 15 is 0 Å². The highest BCUT2D eigenvalue weighted by Gasteiger charge is 2.18. The van der Waals surface area contributed by atoms with Crippen LogP contribution in [0.4, 0.5) is 0 Å². The van der Waals surface area contributed by atoms with Crippen LogP contribution in [-0.2, 0) is 19.3 Å². The lowest BCUT2D eigenvalue weighted by Gasteiger charge is -2.15. The first-order chi connectivity index (χ1) is 12.0. The van der Waals surface area contributed by atoms with Gasteiger partial charge in [-0.3, -0.25) is 0 Å². The van der Waals surface area contributed by atoms with Gasteiger partial charge in [-0.1, -0.05) is 0 Å². The molecule has 0 radical (unpaired) electrons. The average molecular weight is 366 g/mol. The van der Waals surface area contributed by atoms with Gasteiger partial charge in [0.05, 0.1) is 30.1 Å². The van der Waals surface area contributed by atoms with Gasteiger partial charge < -0.3 is 18.9 Å². The molecule has 1 atom stereocenters. The van der Waals surface area contributed by atoms with Gasteiger partial charge in [0, 0.05) is 7.11 Å². The lowest BCUT2D eigenvalue weighted by atomic mass is 10.3. The van der Waals surface area contributed by atoms with E-state index in [0.717, 1.165) is 0 Å². The van der Waals surface area contributed by atoms with Crippen molar-refractivity contribution in [3.63, 3.8) is 0 Å². The zero-order chi connectivity index (χ0) is 18.3. The maximum absolute atomic E-state index is 12.6. The molecule has 0 bridgehead atoms. The van der Waals surface area contributed by atoms with Crippen molar-refractivity contribution in [2.75, 3.05) is 27.4 Å². The molecule has 0 N–H and O–H groups in total. The van der Waals surface area contributed by atoms with E-state index in [2.05, 4.69) is 0 Å². The van der Waals surface area contributed by atoms with E-state index in [1.54, 1.807) is 38.3 Å². The highest BCUT2D eigenvalue weighted by atomic mass is 32.2. The zero-order valence-corrected chi connectivity index (χ0v) is 15.3. The Bertz CT molecular complexity index is 753. The summed E-state index contributed by atoms with van der Waals surface area (Å²) in [6.07, 6.45) is -0.459. The predicted molar refractivity (Wildman–Crippen MR) is 92.8 cm³/mol. The van der Waals surface area contributed by atoms with Crippen molar-refractivity contribution < 1.29 is 27.4 Å². The van der Waals surface area contributed by atoms with Crippen molar-refractivity contribution >= 4 is 9.84 Å². The van der Waals surface area contributed by atoms with Gasteiger partial charge in [0.15, 0.2) is 6.29 Å². The van der Waals surface area contributed by atoms with Gasteiger partial charge in [-0.2, -0.15) is 0 Å². The van der Waals surface area contributed by atoms with Crippen molar-refractivity contribution in [1.82, 2.24) is 0 Å². The SMILES string of the molecule is COCCOC(C)Oc1ccc(S(=O)(=O)c2ccc(OC)cc2)cc1. The van der Waals surface area contributed by atoms with E-state index in [4.69, 9.17) is 18.9 Å². The molecule has 0 saturated carbocycles. The number of rotatable bonds is 9. The fraction of sp³-hybridized carbons (Fsp3) is 0.333. The Morgan fingerprint density at radius 2 is 1.36 bits per heavy atom. The molecule has 2 rings (SSSR count). The van der Waals surface area contributed by atoms with Crippen LogP contribution < -0.4 is 9.47 Å². The normalized spacial score (nSPS) is 12.6. The highest BCUT2D eigenvalue weighted by molar-refractivity contribution is 7.91. The van der Waals surface area contributed by atoms with Crippen LogP contribution in [0.1, 0.15) is 6.92 Å². The van der Waals surface area contributed by atoms with Crippen molar-refractivity contribution in [2.45, 2.75) is 23.0 Å². The first kappa shape index (κ1) is 19.2. The molecule has 136 valence electrons. The van der Waals surface area contributed by atoms with E-state index in [1.165, 1.54) is 31.4 Å². The maximum atomic E-state index is 12.6. The third-order valence-corrected chi connectivity index (χ3v) is 5.23. The van der Waals surface area contributed by atoms with Crippen LogP contribution in [0.15, 0.2) is 58.3 Å². The van der Waals surface area contributed by atoms with Crippen molar-refractivity contribution in [2.24, 2.45) is 0 Å². The van der Waals surface area contributed by atoms with E-state index in [-0.39, 0.29) is 9.79 Å². The molecule has 0 spiro atoms. The molecule has 0 heterocycles. The van der Waals surface area contributed by atoms with Crippen LogP contribution in [0.5, 0.6) is 11.5 Å². The Morgan fingerprint density at radius 3 is 1.84 bits per heavy atom. The summed E-state index contributed by atoms with van der Waals surface area (Å²) in [4.78, 5) is 0.399. The molecular formula is C18H22O6S. The van der Waals surface area contributed by atoms with Crippen LogP contribution in [-0.4, -0.2) is 42.1 Å². The second-order valence-electron chi connectivity index (χ2n) is 5.20. The minimum atomic E-state index is -3.59. The second-order valence-corrected chi connectivity index (χ2v) is 7.15. The zero-order valence-electron chi connectivity index (χ0n) is 14.5. The third kappa shape index (κ3) is 5.19. The fourth-order valence-electron chi connectivity index (χ4n) is 2.11. The van der Waals surface area contributed by atoms with E-state index < -0.39 is 16.1 Å². The van der Waals surface area contributed by atoms with Gasteiger partial charge in [0.1, 0.15) is 11.5 Å². The van der Waals surface area contributed by atoms with E-state index in [0.29, 0.717) is 24.7 Å². The molecule has 0 amide bonds. The number of sulfone groups is 1.